The quantitative estimate of drug-likeness (QED) is 0.920. The first-order valence-corrected chi connectivity index (χ1v) is 7.72. The summed E-state index contributed by atoms with van der Waals surface area (Å²) in [5, 5.41) is 9.32. The van der Waals surface area contributed by atoms with Crippen molar-refractivity contribution in [3.05, 3.63) is 34.4 Å². The Kier molecular flexibility index (Phi) is 4.81. The molecule has 1 N–H and O–H groups in total. The molecule has 3 heteroatoms. The van der Waals surface area contributed by atoms with Crippen molar-refractivity contribution in [2.45, 2.75) is 52.9 Å². The minimum Gasteiger partial charge on any atom is -0.481 e. The van der Waals surface area contributed by atoms with E-state index < -0.39 is 11.9 Å². The Morgan fingerprint density at radius 1 is 1.05 bits per heavy atom. The molecule has 0 aliphatic heterocycles. The molecule has 0 spiro atoms. The maximum atomic E-state index is 12.6. The third-order valence-electron chi connectivity index (χ3n) is 4.69. The van der Waals surface area contributed by atoms with E-state index >= 15 is 0 Å². The van der Waals surface area contributed by atoms with Crippen molar-refractivity contribution in [2.75, 3.05) is 0 Å². The van der Waals surface area contributed by atoms with Gasteiger partial charge in [0.25, 0.3) is 0 Å². The highest BCUT2D eigenvalue weighted by atomic mass is 16.4. The Labute approximate surface area is 126 Å². The van der Waals surface area contributed by atoms with Crippen LogP contribution in [0, 0.1) is 32.6 Å². The fourth-order valence-corrected chi connectivity index (χ4v) is 3.61. The van der Waals surface area contributed by atoms with Crippen LogP contribution >= 0.6 is 0 Å². The number of rotatable bonds is 4. The number of carboxylic acid groups (broad SMARTS) is 1. The highest BCUT2D eigenvalue weighted by Crippen LogP contribution is 2.32. The van der Waals surface area contributed by atoms with Gasteiger partial charge in [0.05, 0.1) is 5.92 Å². The summed E-state index contributed by atoms with van der Waals surface area (Å²) in [6.07, 6.45) is 3.61. The summed E-state index contributed by atoms with van der Waals surface area (Å²) < 4.78 is 0. The fraction of sp³-hybridized carbons (Fsp3) is 0.556. The Morgan fingerprint density at radius 3 is 2.10 bits per heavy atom. The standard InChI is InChI=1S/C18H24O3/c1-11-8-12(2)16(13(3)9-11)10-17(19)14-6-4-5-7-15(14)18(20)21/h8-9,14-15H,4-7,10H2,1-3H3,(H,20,21). The fourth-order valence-electron chi connectivity index (χ4n) is 3.61. The molecule has 0 radical (unpaired) electrons. The third-order valence-corrected chi connectivity index (χ3v) is 4.69. The Bertz CT molecular complexity index is 537. The van der Waals surface area contributed by atoms with Crippen LogP contribution in [0.15, 0.2) is 12.1 Å². The first kappa shape index (κ1) is 15.7. The molecule has 2 atom stereocenters. The van der Waals surface area contributed by atoms with E-state index in [4.69, 9.17) is 0 Å². The molecule has 3 nitrogen and oxygen atoms in total. The van der Waals surface area contributed by atoms with Crippen LogP contribution < -0.4 is 0 Å². The Morgan fingerprint density at radius 2 is 1.57 bits per heavy atom. The first-order valence-electron chi connectivity index (χ1n) is 7.72. The molecule has 2 unspecified atom stereocenters. The lowest BCUT2D eigenvalue weighted by molar-refractivity contribution is -0.148. The van der Waals surface area contributed by atoms with Crippen LogP contribution in [0.4, 0.5) is 0 Å². The summed E-state index contributed by atoms with van der Waals surface area (Å²) in [5.74, 6) is -1.52. The summed E-state index contributed by atoms with van der Waals surface area (Å²) in [6, 6.07) is 4.18. The monoisotopic (exact) mass is 288 g/mol. The average molecular weight is 288 g/mol. The van der Waals surface area contributed by atoms with E-state index in [0.29, 0.717) is 12.8 Å². The van der Waals surface area contributed by atoms with Gasteiger partial charge in [-0.15, -0.1) is 0 Å². The number of carbonyl (C=O) groups is 2. The topological polar surface area (TPSA) is 54.4 Å². The van der Waals surface area contributed by atoms with Crippen molar-refractivity contribution in [2.24, 2.45) is 11.8 Å². The molecule has 114 valence electrons. The summed E-state index contributed by atoms with van der Waals surface area (Å²) in [7, 11) is 0. The van der Waals surface area contributed by atoms with Crippen LogP contribution in [-0.2, 0) is 16.0 Å². The molecule has 1 aromatic rings. The van der Waals surface area contributed by atoms with Gasteiger partial charge in [-0.25, -0.2) is 0 Å². The zero-order valence-corrected chi connectivity index (χ0v) is 13.1. The number of ketones is 1. The number of carbonyl (C=O) groups excluding carboxylic acids is 1. The summed E-state index contributed by atoms with van der Waals surface area (Å²) in [5.41, 5.74) is 4.52. The van der Waals surface area contributed by atoms with Crippen LogP contribution in [0.2, 0.25) is 0 Å². The molecule has 2 rings (SSSR count). The largest absolute Gasteiger partial charge is 0.481 e. The number of aryl methyl sites for hydroxylation is 3. The minimum atomic E-state index is -0.814. The molecule has 21 heavy (non-hydrogen) atoms. The highest BCUT2D eigenvalue weighted by molar-refractivity contribution is 5.88. The number of benzene rings is 1. The van der Waals surface area contributed by atoms with E-state index in [1.54, 1.807) is 0 Å². The maximum Gasteiger partial charge on any atom is 0.307 e. The van der Waals surface area contributed by atoms with Crippen LogP contribution in [0.25, 0.3) is 0 Å². The van der Waals surface area contributed by atoms with Gasteiger partial charge in [0.1, 0.15) is 5.78 Å². The molecule has 0 heterocycles. The molecule has 0 bridgehead atoms. The lowest BCUT2D eigenvalue weighted by Gasteiger charge is -2.27. The molecular weight excluding hydrogens is 264 g/mol. The smallest absolute Gasteiger partial charge is 0.307 e. The van der Waals surface area contributed by atoms with E-state index in [9.17, 15) is 14.7 Å². The molecule has 1 aliphatic rings. The zero-order chi connectivity index (χ0) is 15.6. The van der Waals surface area contributed by atoms with Crippen LogP contribution in [0.1, 0.15) is 47.9 Å². The van der Waals surface area contributed by atoms with Gasteiger partial charge >= 0.3 is 5.97 Å². The zero-order valence-electron chi connectivity index (χ0n) is 13.1. The van der Waals surface area contributed by atoms with E-state index in [-0.39, 0.29) is 11.7 Å². The second-order valence-electron chi connectivity index (χ2n) is 6.36. The van der Waals surface area contributed by atoms with Crippen LogP contribution in [0.5, 0.6) is 0 Å². The lowest BCUT2D eigenvalue weighted by Crippen LogP contribution is -2.33. The Balaban J connectivity index is 2.19. The second-order valence-corrected chi connectivity index (χ2v) is 6.36. The maximum absolute atomic E-state index is 12.6. The van der Waals surface area contributed by atoms with Gasteiger partial charge in [0.15, 0.2) is 0 Å². The van der Waals surface area contributed by atoms with Gasteiger partial charge in [0.2, 0.25) is 0 Å². The predicted octanol–water partition coefficient (Wildman–Crippen LogP) is 3.61. The number of hydrogen-bond acceptors (Lipinski definition) is 2. The van der Waals surface area contributed by atoms with Crippen molar-refractivity contribution in [3.63, 3.8) is 0 Å². The lowest BCUT2D eigenvalue weighted by atomic mass is 9.75. The summed E-state index contributed by atoms with van der Waals surface area (Å²) in [4.78, 5) is 24.0. The van der Waals surface area contributed by atoms with E-state index in [1.807, 2.05) is 20.8 Å². The predicted molar refractivity (Wildman–Crippen MR) is 82.4 cm³/mol. The number of Topliss-reactive ketones (excluding diaryl/α,β-unsaturated/α-hetero) is 1. The van der Waals surface area contributed by atoms with Crippen molar-refractivity contribution < 1.29 is 14.7 Å². The van der Waals surface area contributed by atoms with Gasteiger partial charge in [-0.3, -0.25) is 9.59 Å². The minimum absolute atomic E-state index is 0.0946. The van der Waals surface area contributed by atoms with Crippen LogP contribution in [0.3, 0.4) is 0 Å². The highest BCUT2D eigenvalue weighted by Gasteiger charge is 2.35. The van der Waals surface area contributed by atoms with E-state index in [0.717, 1.165) is 36.0 Å². The SMILES string of the molecule is Cc1cc(C)c(CC(=O)C2CCCCC2C(=O)O)c(C)c1. The van der Waals surface area contributed by atoms with Gasteiger partial charge in [-0.1, -0.05) is 30.5 Å². The van der Waals surface area contributed by atoms with Gasteiger partial charge in [0, 0.05) is 12.3 Å². The normalized spacial score (nSPS) is 22.0. The first-order chi connectivity index (χ1) is 9.90. The molecule has 1 aromatic carbocycles. The van der Waals surface area contributed by atoms with Gasteiger partial charge in [-0.05, 0) is 50.3 Å². The molecule has 0 aromatic heterocycles. The molecule has 1 saturated carbocycles. The second kappa shape index (κ2) is 6.42. The molecule has 0 amide bonds. The number of hydrogen-bond donors (Lipinski definition) is 1. The van der Waals surface area contributed by atoms with Crippen LogP contribution in [-0.4, -0.2) is 16.9 Å². The summed E-state index contributed by atoms with van der Waals surface area (Å²) >= 11 is 0. The molecular formula is C18H24O3. The molecule has 0 saturated heterocycles. The van der Waals surface area contributed by atoms with Gasteiger partial charge < -0.3 is 5.11 Å². The van der Waals surface area contributed by atoms with Crippen molar-refractivity contribution >= 4 is 11.8 Å². The van der Waals surface area contributed by atoms with Gasteiger partial charge in [-0.2, -0.15) is 0 Å². The molecule has 1 aliphatic carbocycles. The van der Waals surface area contributed by atoms with Crippen molar-refractivity contribution in [1.82, 2.24) is 0 Å². The molecule has 1 fully saturated rings. The average Bonchev–Trinajstić information content (AvgIpc) is 2.42. The summed E-state index contributed by atoms with van der Waals surface area (Å²) in [6.45, 7) is 6.10. The van der Waals surface area contributed by atoms with E-state index in [2.05, 4.69) is 12.1 Å². The number of carboxylic acids is 1. The van der Waals surface area contributed by atoms with E-state index in [1.165, 1.54) is 5.56 Å². The van der Waals surface area contributed by atoms with Crippen molar-refractivity contribution in [3.8, 4) is 0 Å². The van der Waals surface area contributed by atoms with Crippen molar-refractivity contribution in [1.29, 1.82) is 0 Å². The third kappa shape index (κ3) is 3.52. The Hall–Kier alpha value is -1.64. The number of aliphatic carboxylic acids is 1.